The lowest BCUT2D eigenvalue weighted by atomic mass is 10.3. The first-order chi connectivity index (χ1) is 17.6. The molecule has 0 atom stereocenters. The van der Waals surface area contributed by atoms with Crippen LogP contribution in [0.25, 0.3) is 0 Å². The molecule has 4 aromatic carbocycles. The van der Waals surface area contributed by atoms with Gasteiger partial charge in [-0.05, 0) is 40.1 Å². The first-order valence-electron chi connectivity index (χ1n) is 11.5. The Bertz CT molecular complexity index is 1110. The summed E-state index contributed by atoms with van der Waals surface area (Å²) in [5, 5.41) is 4.24. The zero-order chi connectivity index (χ0) is 25.5. The van der Waals surface area contributed by atoms with Gasteiger partial charge in [-0.15, -0.1) is 0 Å². The summed E-state index contributed by atoms with van der Waals surface area (Å²) < 4.78 is 23.3. The number of hydrogen-bond donors (Lipinski definition) is 1. The van der Waals surface area contributed by atoms with Crippen molar-refractivity contribution in [2.45, 2.75) is 5.52 Å². The Morgan fingerprint density at radius 1 is 0.444 bits per heavy atom. The molecule has 0 aliphatic heterocycles. The Morgan fingerprint density at radius 2 is 0.667 bits per heavy atom. The maximum absolute atomic E-state index is 7.42. The minimum atomic E-state index is -1.14. The van der Waals surface area contributed by atoms with Crippen LogP contribution >= 0.6 is 15.8 Å². The van der Waals surface area contributed by atoms with E-state index in [1.54, 1.807) is 28.4 Å². The van der Waals surface area contributed by atoms with Crippen molar-refractivity contribution in [3.63, 3.8) is 0 Å². The molecule has 7 heteroatoms. The van der Waals surface area contributed by atoms with E-state index in [4.69, 9.17) is 24.7 Å². The quantitative estimate of drug-likeness (QED) is 0.312. The van der Waals surface area contributed by atoms with E-state index in [-0.39, 0.29) is 5.52 Å². The average molecular weight is 520 g/mol. The second-order valence-corrected chi connectivity index (χ2v) is 12.8. The summed E-state index contributed by atoms with van der Waals surface area (Å²) in [6.07, 6.45) is 0. The van der Waals surface area contributed by atoms with Crippen molar-refractivity contribution in [3.8, 4) is 23.0 Å². The second-order valence-electron chi connectivity index (χ2n) is 7.84. The lowest BCUT2D eigenvalue weighted by Crippen LogP contribution is -2.34. The third kappa shape index (κ3) is 5.20. The summed E-state index contributed by atoms with van der Waals surface area (Å²) in [5.41, 5.74) is 7.11. The molecule has 2 N–H and O–H groups in total. The third-order valence-corrected chi connectivity index (χ3v) is 11.9. The van der Waals surface area contributed by atoms with Crippen molar-refractivity contribution in [1.82, 2.24) is 0 Å². The van der Waals surface area contributed by atoms with Crippen LogP contribution in [0.15, 0.2) is 97.1 Å². The van der Waals surface area contributed by atoms with Gasteiger partial charge in [0.05, 0.1) is 34.0 Å². The second kappa shape index (κ2) is 12.2. The topological polar surface area (TPSA) is 62.9 Å². The largest absolute Gasteiger partial charge is 0.496 e. The van der Waals surface area contributed by atoms with Gasteiger partial charge in [0.15, 0.2) is 0 Å². The highest BCUT2D eigenvalue weighted by Gasteiger charge is 2.36. The van der Waals surface area contributed by atoms with Gasteiger partial charge in [-0.2, -0.15) is 0 Å². The molecule has 0 aliphatic rings. The Kier molecular flexibility index (Phi) is 8.83. The van der Waals surface area contributed by atoms with Crippen molar-refractivity contribution in [1.29, 1.82) is 0 Å². The molecular weight excluding hydrogens is 488 g/mol. The first-order valence-corrected chi connectivity index (χ1v) is 14.3. The standard InChI is InChI=1S/C29H31NO4P2/c1-31-21-13-5-9-17-25(21)35(26-18-10-6-14-22(26)32-2)29(30)36(27-19-11-7-15-23(27)33-3)28-20-12-8-16-24(28)34-4/h5-20,29H,30H2,1-4H3. The van der Waals surface area contributed by atoms with E-state index in [9.17, 15) is 0 Å². The van der Waals surface area contributed by atoms with E-state index in [1.165, 1.54) is 0 Å². The molecule has 4 aromatic rings. The van der Waals surface area contributed by atoms with E-state index >= 15 is 0 Å². The van der Waals surface area contributed by atoms with Crippen LogP contribution in [0.2, 0.25) is 0 Å². The van der Waals surface area contributed by atoms with Crippen molar-refractivity contribution >= 4 is 37.1 Å². The maximum Gasteiger partial charge on any atom is 0.126 e. The van der Waals surface area contributed by atoms with E-state index in [2.05, 4.69) is 24.3 Å². The van der Waals surface area contributed by atoms with E-state index in [0.717, 1.165) is 44.2 Å². The van der Waals surface area contributed by atoms with Crippen molar-refractivity contribution in [3.05, 3.63) is 97.1 Å². The van der Waals surface area contributed by atoms with Gasteiger partial charge in [0, 0.05) is 21.2 Å². The lowest BCUT2D eigenvalue weighted by molar-refractivity contribution is 0.417. The number of rotatable bonds is 10. The number of nitrogens with two attached hydrogens (primary N) is 1. The average Bonchev–Trinajstić information content (AvgIpc) is 2.94. The molecule has 0 saturated heterocycles. The monoisotopic (exact) mass is 519 g/mol. The highest BCUT2D eigenvalue weighted by molar-refractivity contribution is 7.89. The highest BCUT2D eigenvalue weighted by atomic mass is 31.2. The SMILES string of the molecule is COc1ccccc1P(c1ccccc1OC)C(N)P(c1ccccc1OC)c1ccccc1OC. The molecule has 0 unspecified atom stereocenters. The van der Waals surface area contributed by atoms with Gasteiger partial charge >= 0.3 is 0 Å². The smallest absolute Gasteiger partial charge is 0.126 e. The Balaban J connectivity index is 2.01. The van der Waals surface area contributed by atoms with Crippen LogP contribution in [-0.4, -0.2) is 34.0 Å². The summed E-state index contributed by atoms with van der Waals surface area (Å²) in [7, 11) is 4.51. The Morgan fingerprint density at radius 3 is 0.889 bits per heavy atom. The number of benzene rings is 4. The lowest BCUT2D eigenvalue weighted by Gasteiger charge is -2.35. The maximum atomic E-state index is 7.42. The van der Waals surface area contributed by atoms with Crippen LogP contribution in [0, 0.1) is 0 Å². The van der Waals surface area contributed by atoms with Gasteiger partial charge in [0.25, 0.3) is 0 Å². The van der Waals surface area contributed by atoms with Crippen molar-refractivity contribution < 1.29 is 18.9 Å². The summed E-state index contributed by atoms with van der Waals surface area (Å²) in [6.45, 7) is 0. The summed E-state index contributed by atoms with van der Waals surface area (Å²) in [6, 6.07) is 32.4. The van der Waals surface area contributed by atoms with Crippen LogP contribution in [0.5, 0.6) is 23.0 Å². The molecule has 0 radical (unpaired) electrons. The summed E-state index contributed by atoms with van der Waals surface area (Å²) >= 11 is 0. The predicted octanol–water partition coefficient (Wildman–Crippen LogP) is 4.53. The van der Waals surface area contributed by atoms with Crippen LogP contribution in [0.3, 0.4) is 0 Å². The molecule has 0 aromatic heterocycles. The molecule has 0 bridgehead atoms. The van der Waals surface area contributed by atoms with Gasteiger partial charge in [-0.25, -0.2) is 0 Å². The van der Waals surface area contributed by atoms with Gasteiger partial charge in [0.1, 0.15) is 23.0 Å². The van der Waals surface area contributed by atoms with Crippen molar-refractivity contribution in [2.24, 2.45) is 5.73 Å². The fraction of sp³-hybridized carbons (Fsp3) is 0.172. The minimum Gasteiger partial charge on any atom is -0.496 e. The van der Waals surface area contributed by atoms with Crippen molar-refractivity contribution in [2.75, 3.05) is 28.4 Å². The fourth-order valence-electron chi connectivity index (χ4n) is 4.26. The van der Waals surface area contributed by atoms with E-state index < -0.39 is 15.8 Å². The number of para-hydroxylation sites is 4. The molecule has 0 aliphatic carbocycles. The van der Waals surface area contributed by atoms with E-state index in [0.29, 0.717) is 0 Å². The third-order valence-electron chi connectivity index (χ3n) is 5.91. The first kappa shape index (κ1) is 26.0. The molecule has 0 spiro atoms. The predicted molar refractivity (Wildman–Crippen MR) is 152 cm³/mol. The molecule has 5 nitrogen and oxygen atoms in total. The van der Waals surface area contributed by atoms with Crippen LogP contribution in [0.1, 0.15) is 0 Å². The molecule has 186 valence electrons. The Labute approximate surface area is 215 Å². The Hall–Kier alpha value is -3.10. The minimum absolute atomic E-state index is 0.310. The fourth-order valence-corrected chi connectivity index (χ4v) is 10.9. The van der Waals surface area contributed by atoms with Gasteiger partial charge in [-0.1, -0.05) is 72.8 Å². The zero-order valence-corrected chi connectivity index (χ0v) is 22.7. The highest BCUT2D eigenvalue weighted by Crippen LogP contribution is 2.57. The zero-order valence-electron chi connectivity index (χ0n) is 20.9. The van der Waals surface area contributed by atoms with E-state index in [1.807, 2.05) is 72.8 Å². The summed E-state index contributed by atoms with van der Waals surface area (Å²) in [5.74, 6) is 3.22. The number of methoxy groups -OCH3 is 4. The number of hydrogen-bond acceptors (Lipinski definition) is 5. The van der Waals surface area contributed by atoms with Crippen LogP contribution < -0.4 is 45.9 Å². The molecule has 36 heavy (non-hydrogen) atoms. The van der Waals surface area contributed by atoms with Gasteiger partial charge in [-0.3, -0.25) is 0 Å². The molecule has 0 heterocycles. The number of ether oxygens (including phenoxy) is 4. The molecular formula is C29H31NO4P2. The normalized spacial score (nSPS) is 11.1. The molecule has 0 amide bonds. The van der Waals surface area contributed by atoms with Gasteiger partial charge in [0.2, 0.25) is 0 Å². The van der Waals surface area contributed by atoms with Gasteiger partial charge < -0.3 is 24.7 Å². The molecule has 0 fully saturated rings. The van der Waals surface area contributed by atoms with Crippen LogP contribution in [0.4, 0.5) is 0 Å². The molecule has 0 saturated carbocycles. The summed E-state index contributed by atoms with van der Waals surface area (Å²) in [4.78, 5) is 0. The van der Waals surface area contributed by atoms with Crippen LogP contribution in [-0.2, 0) is 0 Å². The molecule has 4 rings (SSSR count).